The van der Waals surface area contributed by atoms with E-state index in [0.29, 0.717) is 22.3 Å². The molecular weight excluding hydrogens is 468 g/mol. The van der Waals surface area contributed by atoms with Crippen molar-refractivity contribution >= 4 is 43.7 Å². The number of hydrogen-bond donors (Lipinski definition) is 1. The van der Waals surface area contributed by atoms with E-state index in [2.05, 4.69) is 29.2 Å². The average molecular weight is 493 g/mol. The van der Waals surface area contributed by atoms with Crippen molar-refractivity contribution in [3.8, 4) is 11.4 Å². The van der Waals surface area contributed by atoms with E-state index < -0.39 is 10.0 Å². The number of hydrogen-bond acceptors (Lipinski definition) is 8. The molecule has 10 heteroatoms. The number of rotatable bonds is 9. The van der Waals surface area contributed by atoms with Gasteiger partial charge < -0.3 is 4.90 Å². The van der Waals surface area contributed by atoms with E-state index in [4.69, 9.17) is 0 Å². The van der Waals surface area contributed by atoms with Gasteiger partial charge in [-0.15, -0.1) is 10.2 Å². The fourth-order valence-electron chi connectivity index (χ4n) is 3.34. The second-order valence-electron chi connectivity index (χ2n) is 7.26. The highest BCUT2D eigenvalue weighted by molar-refractivity contribution is 7.92. The molecule has 0 spiro atoms. The third-order valence-electron chi connectivity index (χ3n) is 5.10. The van der Waals surface area contributed by atoms with Crippen LogP contribution in [0.25, 0.3) is 11.4 Å². The van der Waals surface area contributed by atoms with Crippen LogP contribution in [0.1, 0.15) is 13.8 Å². The lowest BCUT2D eigenvalue weighted by Crippen LogP contribution is -2.22. The average Bonchev–Trinajstić information content (AvgIpc) is 3.34. The topological polar surface area (TPSA) is 99.9 Å². The molecule has 0 bridgehead atoms. The van der Waals surface area contributed by atoms with Gasteiger partial charge >= 0.3 is 0 Å². The third-order valence-corrected chi connectivity index (χ3v) is 7.08. The molecule has 0 unspecified atom stereocenters. The predicted molar refractivity (Wildman–Crippen MR) is 137 cm³/mol. The normalized spacial score (nSPS) is 11.6. The van der Waals surface area contributed by atoms with E-state index in [9.17, 15) is 8.42 Å². The monoisotopic (exact) mass is 492 g/mol. The van der Waals surface area contributed by atoms with Crippen LogP contribution in [0, 0.1) is 0 Å². The Hall–Kier alpha value is -3.63. The van der Waals surface area contributed by atoms with Crippen molar-refractivity contribution in [1.82, 2.24) is 9.36 Å². The first-order valence-electron chi connectivity index (χ1n) is 10.8. The lowest BCUT2D eigenvalue weighted by molar-refractivity contribution is 0.601. The van der Waals surface area contributed by atoms with Crippen molar-refractivity contribution in [3.05, 3.63) is 78.9 Å². The minimum atomic E-state index is -3.80. The number of azo groups is 1. The lowest BCUT2D eigenvalue weighted by atomic mass is 10.2. The zero-order valence-electron chi connectivity index (χ0n) is 18.8. The Morgan fingerprint density at radius 1 is 0.912 bits per heavy atom. The number of aromatic nitrogens is 2. The summed E-state index contributed by atoms with van der Waals surface area (Å²) in [4.78, 5) is 6.71. The van der Waals surface area contributed by atoms with Gasteiger partial charge in [-0.1, -0.05) is 48.5 Å². The van der Waals surface area contributed by atoms with Crippen molar-refractivity contribution in [3.63, 3.8) is 0 Å². The van der Waals surface area contributed by atoms with Crippen LogP contribution in [-0.2, 0) is 10.0 Å². The first-order chi connectivity index (χ1) is 16.5. The van der Waals surface area contributed by atoms with Crippen molar-refractivity contribution in [2.75, 3.05) is 22.7 Å². The van der Waals surface area contributed by atoms with Gasteiger partial charge in [-0.3, -0.25) is 4.72 Å². The number of benzene rings is 3. The van der Waals surface area contributed by atoms with Crippen molar-refractivity contribution in [1.29, 1.82) is 0 Å². The number of anilines is 2. The van der Waals surface area contributed by atoms with Crippen LogP contribution in [0.4, 0.5) is 22.2 Å². The lowest BCUT2D eigenvalue weighted by Gasteiger charge is -2.22. The molecule has 3 aromatic carbocycles. The van der Waals surface area contributed by atoms with Gasteiger partial charge in [0.15, 0.2) is 5.82 Å². The molecule has 0 aliphatic carbocycles. The fourth-order valence-corrected chi connectivity index (χ4v) is 4.94. The Labute approximate surface area is 203 Å². The van der Waals surface area contributed by atoms with E-state index in [1.165, 1.54) is 0 Å². The molecule has 8 nitrogen and oxygen atoms in total. The molecule has 0 fully saturated rings. The molecule has 4 rings (SSSR count). The standard InChI is InChI=1S/C24H24N6O2S2/c1-3-30(4-2)19-15-16-21(22(17-19)29-34(31,32)20-13-9-6-10-14-20)26-27-24-25-23(28-33-24)18-11-7-5-8-12-18/h5-17,29H,3-4H2,1-2H3. The Morgan fingerprint density at radius 2 is 1.59 bits per heavy atom. The predicted octanol–water partition coefficient (Wildman–Crippen LogP) is 6.27. The molecule has 4 aromatic rings. The van der Waals surface area contributed by atoms with Gasteiger partial charge in [-0.05, 0) is 44.2 Å². The summed E-state index contributed by atoms with van der Waals surface area (Å²) in [6, 6.07) is 23.3. The van der Waals surface area contributed by atoms with Crippen LogP contribution in [0.3, 0.4) is 0 Å². The molecule has 0 atom stereocenters. The summed E-state index contributed by atoms with van der Waals surface area (Å²) in [7, 11) is -3.80. The Kier molecular flexibility index (Phi) is 7.29. The molecule has 34 heavy (non-hydrogen) atoms. The van der Waals surface area contributed by atoms with E-state index in [-0.39, 0.29) is 4.90 Å². The zero-order valence-corrected chi connectivity index (χ0v) is 20.4. The number of sulfonamides is 1. The van der Waals surface area contributed by atoms with Gasteiger partial charge in [0, 0.05) is 35.9 Å². The maximum absolute atomic E-state index is 13.0. The smallest absolute Gasteiger partial charge is 0.261 e. The van der Waals surface area contributed by atoms with Crippen LogP contribution in [0.5, 0.6) is 0 Å². The van der Waals surface area contributed by atoms with Crippen molar-refractivity contribution in [2.24, 2.45) is 10.2 Å². The fraction of sp³-hybridized carbons (Fsp3) is 0.167. The molecule has 1 N–H and O–H groups in total. The second-order valence-corrected chi connectivity index (χ2v) is 9.67. The number of nitrogens with zero attached hydrogens (tertiary/aromatic N) is 5. The van der Waals surface area contributed by atoms with Crippen molar-refractivity contribution < 1.29 is 8.42 Å². The molecule has 0 amide bonds. The summed E-state index contributed by atoms with van der Waals surface area (Å²) < 4.78 is 33.0. The zero-order chi connectivity index (χ0) is 24.0. The molecule has 1 heterocycles. The highest BCUT2D eigenvalue weighted by Crippen LogP contribution is 2.34. The van der Waals surface area contributed by atoms with Gasteiger partial charge in [0.1, 0.15) is 5.69 Å². The highest BCUT2D eigenvalue weighted by Gasteiger charge is 2.17. The van der Waals surface area contributed by atoms with Crippen LogP contribution in [-0.4, -0.2) is 30.9 Å². The molecule has 0 saturated heterocycles. The SMILES string of the molecule is CCN(CC)c1ccc(N=Nc2nc(-c3ccccc3)ns2)c(NS(=O)(=O)c2ccccc2)c1. The Morgan fingerprint density at radius 3 is 2.26 bits per heavy atom. The molecule has 0 aliphatic rings. The summed E-state index contributed by atoms with van der Waals surface area (Å²) in [5.41, 5.74) is 2.49. The summed E-state index contributed by atoms with van der Waals surface area (Å²) in [6.45, 7) is 5.67. The van der Waals surface area contributed by atoms with Gasteiger partial charge in [-0.2, -0.15) is 9.36 Å². The second kappa shape index (κ2) is 10.5. The summed E-state index contributed by atoms with van der Waals surface area (Å²) in [6.07, 6.45) is 0. The first-order valence-corrected chi connectivity index (χ1v) is 13.0. The van der Waals surface area contributed by atoms with Gasteiger partial charge in [0.2, 0.25) is 5.13 Å². The van der Waals surface area contributed by atoms with Crippen LogP contribution < -0.4 is 9.62 Å². The quantitative estimate of drug-likeness (QED) is 0.278. The van der Waals surface area contributed by atoms with Crippen LogP contribution in [0.15, 0.2) is 94.0 Å². The van der Waals surface area contributed by atoms with E-state index >= 15 is 0 Å². The largest absolute Gasteiger partial charge is 0.372 e. The van der Waals surface area contributed by atoms with Gasteiger partial charge in [-0.25, -0.2) is 8.42 Å². The van der Waals surface area contributed by atoms with Gasteiger partial charge in [0.05, 0.1) is 10.6 Å². The summed E-state index contributed by atoms with van der Waals surface area (Å²) in [5.74, 6) is 0.571. The Bertz CT molecular complexity index is 1370. The van der Waals surface area contributed by atoms with E-state index in [1.807, 2.05) is 50.2 Å². The molecule has 0 radical (unpaired) electrons. The first kappa shape index (κ1) is 23.5. The molecule has 0 saturated carbocycles. The summed E-state index contributed by atoms with van der Waals surface area (Å²) in [5, 5.41) is 8.90. The maximum Gasteiger partial charge on any atom is 0.261 e. The maximum atomic E-state index is 13.0. The number of nitrogens with one attached hydrogen (secondary N) is 1. The minimum absolute atomic E-state index is 0.169. The summed E-state index contributed by atoms with van der Waals surface area (Å²) >= 11 is 1.13. The molecule has 174 valence electrons. The van der Waals surface area contributed by atoms with Crippen LogP contribution in [0.2, 0.25) is 0 Å². The molecular formula is C24H24N6O2S2. The third kappa shape index (κ3) is 5.46. The van der Waals surface area contributed by atoms with Gasteiger partial charge in [0.25, 0.3) is 10.0 Å². The minimum Gasteiger partial charge on any atom is -0.372 e. The van der Waals surface area contributed by atoms with E-state index in [0.717, 1.165) is 35.9 Å². The molecule has 0 aliphatic heterocycles. The van der Waals surface area contributed by atoms with E-state index in [1.54, 1.807) is 42.5 Å². The Balaban J connectivity index is 1.67. The molecule has 1 aromatic heterocycles. The van der Waals surface area contributed by atoms with Crippen LogP contribution >= 0.6 is 11.5 Å². The van der Waals surface area contributed by atoms with Crippen molar-refractivity contribution in [2.45, 2.75) is 18.7 Å². The highest BCUT2D eigenvalue weighted by atomic mass is 32.2.